The third-order valence-electron chi connectivity index (χ3n) is 9.07. The molecule has 7 heteroatoms. The first kappa shape index (κ1) is 25.2. The standard InChI is InChI=1S/C29H40N2O5/c1-20-6-4-12-27(3)29(36-27,17-24-19-35-24)16-22(8-9-23-18-34-21(2)30-23)31-26(33)11-15-28(13-5-14-28)25(32)10-7-20/h8-9,18-20,22H,4-7,10-17H2,1-3H3,(H,31,33)/b9-8+. The summed E-state index contributed by atoms with van der Waals surface area (Å²) in [5.41, 5.74) is -0.192. The number of aromatic nitrogens is 1. The number of nitrogens with zero attached hydrogens (tertiary/aromatic N) is 1. The fourth-order valence-corrected chi connectivity index (χ4v) is 6.32. The lowest BCUT2D eigenvalue weighted by Gasteiger charge is -2.41. The van der Waals surface area contributed by atoms with Gasteiger partial charge in [-0.15, -0.1) is 0 Å². The predicted octanol–water partition coefficient (Wildman–Crippen LogP) is 5.78. The van der Waals surface area contributed by atoms with E-state index >= 15 is 0 Å². The van der Waals surface area contributed by atoms with Crippen LogP contribution in [0.15, 0.2) is 28.8 Å². The molecule has 1 spiro atoms. The van der Waals surface area contributed by atoms with Crippen LogP contribution >= 0.6 is 0 Å². The van der Waals surface area contributed by atoms with Gasteiger partial charge in [-0.1, -0.05) is 32.3 Å². The number of aryl methyl sites for hydroxylation is 1. The van der Waals surface area contributed by atoms with Gasteiger partial charge in [0.2, 0.25) is 5.91 Å². The Bertz CT molecular complexity index is 1050. The first-order valence-electron chi connectivity index (χ1n) is 13.7. The van der Waals surface area contributed by atoms with Gasteiger partial charge in [-0.3, -0.25) is 9.59 Å². The largest absolute Gasteiger partial charge is 0.462 e. The van der Waals surface area contributed by atoms with Gasteiger partial charge in [0.1, 0.15) is 35.4 Å². The van der Waals surface area contributed by atoms with Crippen molar-refractivity contribution in [3.05, 3.63) is 35.9 Å². The van der Waals surface area contributed by atoms with Crippen LogP contribution in [0.1, 0.15) is 102 Å². The minimum absolute atomic E-state index is 0.0140. The number of hydrogen-bond donors (Lipinski definition) is 1. The molecule has 36 heavy (non-hydrogen) atoms. The van der Waals surface area contributed by atoms with Crippen molar-refractivity contribution in [3.8, 4) is 0 Å². The summed E-state index contributed by atoms with van der Waals surface area (Å²) in [5, 5.41) is 3.24. The van der Waals surface area contributed by atoms with Crippen molar-refractivity contribution in [1.29, 1.82) is 0 Å². The molecule has 1 saturated carbocycles. The Morgan fingerprint density at radius 1 is 1.14 bits per heavy atom. The zero-order valence-electron chi connectivity index (χ0n) is 21.9. The molecule has 1 aromatic heterocycles. The van der Waals surface area contributed by atoms with E-state index in [0.29, 0.717) is 43.3 Å². The molecule has 7 nitrogen and oxygen atoms in total. The SMILES string of the molecule is Cc1nc(/C=C/C2CC3(CC4=CO4)OC3(C)CCCC(C)CCC(=O)C3(CCC3)CCC(=O)N2)co1. The number of ketones is 1. The van der Waals surface area contributed by atoms with Crippen LogP contribution in [0.2, 0.25) is 0 Å². The van der Waals surface area contributed by atoms with E-state index in [-0.39, 0.29) is 28.6 Å². The molecular formula is C29H40N2O5. The van der Waals surface area contributed by atoms with E-state index < -0.39 is 0 Å². The summed E-state index contributed by atoms with van der Waals surface area (Å²) in [6.07, 6.45) is 17.3. The summed E-state index contributed by atoms with van der Waals surface area (Å²) in [5.74, 6) is 2.43. The quantitative estimate of drug-likeness (QED) is 0.531. The minimum atomic E-state index is -0.372. The van der Waals surface area contributed by atoms with Crippen LogP contribution in [0.25, 0.3) is 6.08 Å². The molecule has 1 aromatic rings. The highest BCUT2D eigenvalue weighted by Crippen LogP contribution is 2.58. The third kappa shape index (κ3) is 5.46. The Balaban J connectivity index is 1.37. The Morgan fingerprint density at radius 3 is 2.61 bits per heavy atom. The van der Waals surface area contributed by atoms with Gasteiger partial charge in [-0.05, 0) is 51.0 Å². The molecule has 4 aliphatic rings. The molecule has 1 aliphatic carbocycles. The van der Waals surface area contributed by atoms with Gasteiger partial charge in [0.25, 0.3) is 0 Å². The van der Waals surface area contributed by atoms with Crippen molar-refractivity contribution in [2.45, 2.75) is 115 Å². The maximum atomic E-state index is 13.2. The molecule has 2 saturated heterocycles. The highest BCUT2D eigenvalue weighted by atomic mass is 16.6. The van der Waals surface area contributed by atoms with Crippen LogP contribution in [0.4, 0.5) is 0 Å². The summed E-state index contributed by atoms with van der Waals surface area (Å²) in [6.45, 7) is 6.26. The third-order valence-corrected chi connectivity index (χ3v) is 9.07. The van der Waals surface area contributed by atoms with E-state index in [1.807, 2.05) is 19.1 Å². The van der Waals surface area contributed by atoms with Crippen LogP contribution in [-0.2, 0) is 19.1 Å². The zero-order valence-corrected chi connectivity index (χ0v) is 21.9. The number of nitrogens with one attached hydrogen (secondary N) is 1. The fraction of sp³-hybridized carbons (Fsp3) is 0.690. The molecule has 1 amide bonds. The molecule has 4 unspecified atom stereocenters. The molecule has 0 bridgehead atoms. The topological polar surface area (TPSA) is 97.3 Å². The number of carbonyl (C=O) groups is 2. The first-order chi connectivity index (χ1) is 17.2. The molecule has 1 N–H and O–H groups in total. The second-order valence-corrected chi connectivity index (χ2v) is 11.8. The van der Waals surface area contributed by atoms with Crippen molar-refractivity contribution in [2.24, 2.45) is 11.3 Å². The van der Waals surface area contributed by atoms with Gasteiger partial charge in [-0.25, -0.2) is 4.98 Å². The van der Waals surface area contributed by atoms with Gasteiger partial charge in [-0.2, -0.15) is 0 Å². The number of ether oxygens (including phenoxy) is 2. The van der Waals surface area contributed by atoms with E-state index in [4.69, 9.17) is 13.9 Å². The van der Waals surface area contributed by atoms with Crippen molar-refractivity contribution in [1.82, 2.24) is 10.3 Å². The molecule has 3 aliphatic heterocycles. The molecule has 4 atom stereocenters. The van der Waals surface area contributed by atoms with Gasteiger partial charge in [0.05, 0.1) is 11.6 Å². The number of amides is 1. The number of rotatable bonds is 4. The summed E-state index contributed by atoms with van der Waals surface area (Å²) < 4.78 is 17.2. The van der Waals surface area contributed by atoms with E-state index in [2.05, 4.69) is 24.1 Å². The van der Waals surface area contributed by atoms with Crippen molar-refractivity contribution in [2.75, 3.05) is 0 Å². The van der Waals surface area contributed by atoms with E-state index in [1.165, 1.54) is 0 Å². The van der Waals surface area contributed by atoms with Crippen molar-refractivity contribution in [3.63, 3.8) is 0 Å². The maximum absolute atomic E-state index is 13.2. The Hall–Kier alpha value is -2.41. The van der Waals surface area contributed by atoms with E-state index in [1.54, 1.807) is 12.5 Å². The summed E-state index contributed by atoms with van der Waals surface area (Å²) >= 11 is 0. The Labute approximate surface area is 214 Å². The highest BCUT2D eigenvalue weighted by Gasteiger charge is 2.67. The smallest absolute Gasteiger partial charge is 0.220 e. The Kier molecular flexibility index (Phi) is 6.88. The zero-order chi connectivity index (χ0) is 25.4. The maximum Gasteiger partial charge on any atom is 0.220 e. The molecule has 196 valence electrons. The summed E-state index contributed by atoms with van der Waals surface area (Å²) in [4.78, 5) is 30.7. The van der Waals surface area contributed by atoms with Gasteiger partial charge < -0.3 is 19.2 Å². The lowest BCUT2D eigenvalue weighted by Crippen LogP contribution is -2.42. The number of oxazole rings is 1. The lowest BCUT2D eigenvalue weighted by atomic mass is 9.62. The van der Waals surface area contributed by atoms with Gasteiger partial charge in [0.15, 0.2) is 5.89 Å². The summed E-state index contributed by atoms with van der Waals surface area (Å²) in [7, 11) is 0. The van der Waals surface area contributed by atoms with Crippen LogP contribution in [0.5, 0.6) is 0 Å². The molecule has 4 heterocycles. The number of fused-ring (bicyclic) bond motifs is 1. The second-order valence-electron chi connectivity index (χ2n) is 11.8. The predicted molar refractivity (Wildman–Crippen MR) is 136 cm³/mol. The van der Waals surface area contributed by atoms with Gasteiger partial charge in [0, 0.05) is 38.0 Å². The minimum Gasteiger partial charge on any atom is -0.462 e. The Morgan fingerprint density at radius 2 is 1.94 bits per heavy atom. The monoisotopic (exact) mass is 496 g/mol. The molecule has 5 rings (SSSR count). The number of epoxide rings is 1. The molecule has 0 radical (unpaired) electrons. The van der Waals surface area contributed by atoms with Crippen LogP contribution < -0.4 is 5.32 Å². The van der Waals surface area contributed by atoms with Crippen LogP contribution in [0.3, 0.4) is 0 Å². The fourth-order valence-electron chi connectivity index (χ4n) is 6.32. The highest BCUT2D eigenvalue weighted by molar-refractivity contribution is 5.86. The average Bonchev–Trinajstić information content (AvgIpc) is 3.66. The number of hydrogen-bond acceptors (Lipinski definition) is 6. The van der Waals surface area contributed by atoms with Crippen LogP contribution in [0, 0.1) is 18.3 Å². The second kappa shape index (κ2) is 9.81. The van der Waals surface area contributed by atoms with E-state index in [0.717, 1.165) is 62.8 Å². The number of Topliss-reactive ketones (excluding diaryl/α,β-unsaturated/α-hetero) is 1. The molecular weight excluding hydrogens is 456 g/mol. The molecule has 3 fully saturated rings. The lowest BCUT2D eigenvalue weighted by molar-refractivity contribution is -0.135. The molecule has 0 aromatic carbocycles. The van der Waals surface area contributed by atoms with Crippen LogP contribution in [-0.4, -0.2) is 33.9 Å². The number of carbonyl (C=O) groups excluding carboxylic acids is 2. The summed E-state index contributed by atoms with van der Waals surface area (Å²) in [6, 6.07) is -0.226. The van der Waals surface area contributed by atoms with Crippen molar-refractivity contribution < 1.29 is 23.5 Å². The average molecular weight is 497 g/mol. The van der Waals surface area contributed by atoms with Gasteiger partial charge >= 0.3 is 0 Å². The van der Waals surface area contributed by atoms with Crippen molar-refractivity contribution >= 4 is 17.8 Å². The normalized spacial score (nSPS) is 34.9. The first-order valence-corrected chi connectivity index (χ1v) is 13.7. The van der Waals surface area contributed by atoms with E-state index in [9.17, 15) is 9.59 Å².